The van der Waals surface area contributed by atoms with Crippen LogP contribution in [-0.4, -0.2) is 45.0 Å². The van der Waals surface area contributed by atoms with Crippen molar-refractivity contribution >= 4 is 17.5 Å². The first kappa shape index (κ1) is 20.2. The molecule has 1 aromatic carbocycles. The molecule has 7 nitrogen and oxygen atoms in total. The molecule has 0 unspecified atom stereocenters. The minimum Gasteiger partial charge on any atom is -0.490 e. The van der Waals surface area contributed by atoms with E-state index in [2.05, 4.69) is 0 Å². The topological polar surface area (TPSA) is 88.1 Å². The van der Waals surface area contributed by atoms with Gasteiger partial charge in [0.25, 0.3) is 0 Å². The maximum atomic E-state index is 12.6. The highest BCUT2D eigenvalue weighted by atomic mass is 16.6. The van der Waals surface area contributed by atoms with Gasteiger partial charge in [-0.25, -0.2) is 0 Å². The molecule has 7 heteroatoms. The summed E-state index contributed by atoms with van der Waals surface area (Å²) in [7, 11) is 2.66. The zero-order valence-corrected chi connectivity index (χ0v) is 15.8. The van der Waals surface area contributed by atoms with Gasteiger partial charge in [0, 0.05) is 24.5 Å². The summed E-state index contributed by atoms with van der Waals surface area (Å²) < 4.78 is 20.4. The van der Waals surface area contributed by atoms with Crippen molar-refractivity contribution in [1.82, 2.24) is 0 Å². The Balaban J connectivity index is 2.08. The summed E-state index contributed by atoms with van der Waals surface area (Å²) in [6, 6.07) is 7.12. The largest absolute Gasteiger partial charge is 0.490 e. The second kappa shape index (κ2) is 9.02. The Hall–Kier alpha value is -3.09. The van der Waals surface area contributed by atoms with Gasteiger partial charge in [-0.15, -0.1) is 0 Å². The van der Waals surface area contributed by atoms with Crippen molar-refractivity contribution in [3.8, 4) is 5.75 Å². The maximum absolute atomic E-state index is 12.6. The van der Waals surface area contributed by atoms with E-state index >= 15 is 0 Å². The fourth-order valence-corrected chi connectivity index (χ4v) is 2.66. The first-order chi connectivity index (χ1) is 12.9. The fourth-order valence-electron chi connectivity index (χ4n) is 2.66. The molecule has 27 heavy (non-hydrogen) atoms. The van der Waals surface area contributed by atoms with Crippen LogP contribution in [0.2, 0.25) is 0 Å². The maximum Gasteiger partial charge on any atom is 0.302 e. The monoisotopic (exact) mass is 374 g/mol. The third-order valence-corrected chi connectivity index (χ3v) is 4.06. The van der Waals surface area contributed by atoms with Crippen LogP contribution in [-0.2, 0) is 35.0 Å². The van der Waals surface area contributed by atoms with Crippen LogP contribution in [0.4, 0.5) is 0 Å². The number of benzene rings is 1. The number of Topliss-reactive ketones (excluding diaryl/α,β-unsaturated/α-hetero) is 2. The molecule has 1 aliphatic rings. The molecule has 0 radical (unpaired) electrons. The summed E-state index contributed by atoms with van der Waals surface area (Å²) >= 11 is 0. The van der Waals surface area contributed by atoms with E-state index in [0.29, 0.717) is 16.9 Å². The highest BCUT2D eigenvalue weighted by Crippen LogP contribution is 2.28. The Morgan fingerprint density at radius 2 is 1.52 bits per heavy atom. The summed E-state index contributed by atoms with van der Waals surface area (Å²) in [4.78, 5) is 35.7. The smallest absolute Gasteiger partial charge is 0.302 e. The third kappa shape index (κ3) is 4.75. The van der Waals surface area contributed by atoms with Gasteiger partial charge in [0.05, 0.1) is 14.2 Å². The van der Waals surface area contributed by atoms with Gasteiger partial charge < -0.3 is 18.9 Å². The predicted molar refractivity (Wildman–Crippen MR) is 96.0 cm³/mol. The molecule has 0 N–H and O–H groups in total. The molecule has 0 atom stereocenters. The summed E-state index contributed by atoms with van der Waals surface area (Å²) in [5, 5.41) is 0. The zero-order chi connectivity index (χ0) is 20.0. The zero-order valence-electron chi connectivity index (χ0n) is 15.8. The number of ether oxygens (including phenoxy) is 4. The van der Waals surface area contributed by atoms with Gasteiger partial charge in [0.15, 0.2) is 0 Å². The normalized spacial score (nSPS) is 14.4. The summed E-state index contributed by atoms with van der Waals surface area (Å²) in [6.45, 7) is 3.36. The van der Waals surface area contributed by atoms with Crippen molar-refractivity contribution in [2.45, 2.75) is 20.3 Å². The van der Waals surface area contributed by atoms with Gasteiger partial charge in [0.2, 0.25) is 23.1 Å². The second-order valence-corrected chi connectivity index (χ2v) is 5.84. The van der Waals surface area contributed by atoms with Crippen LogP contribution in [0.25, 0.3) is 0 Å². The Kier molecular flexibility index (Phi) is 6.76. The van der Waals surface area contributed by atoms with Crippen molar-refractivity contribution in [2.24, 2.45) is 0 Å². The lowest BCUT2D eigenvalue weighted by atomic mass is 9.89. The molecule has 1 aliphatic carbocycles. The Morgan fingerprint density at radius 3 is 2.07 bits per heavy atom. The molecule has 0 amide bonds. The lowest BCUT2D eigenvalue weighted by molar-refractivity contribution is -0.141. The molecule has 0 bridgehead atoms. The van der Waals surface area contributed by atoms with Crippen molar-refractivity contribution in [1.29, 1.82) is 0 Å². The van der Waals surface area contributed by atoms with Gasteiger partial charge in [-0.05, 0) is 24.6 Å². The van der Waals surface area contributed by atoms with E-state index in [1.165, 1.54) is 21.1 Å². The van der Waals surface area contributed by atoms with Gasteiger partial charge >= 0.3 is 5.97 Å². The summed E-state index contributed by atoms with van der Waals surface area (Å²) in [5.41, 5.74) is 1.56. The number of ketones is 2. The Morgan fingerprint density at radius 1 is 0.926 bits per heavy atom. The SMILES string of the molecule is COC1=C(OC)C(=O)C(Cc2ccc(OCCOC(C)=O)cc2)=C(C)C1=O. The molecule has 0 aromatic heterocycles. The lowest BCUT2D eigenvalue weighted by Gasteiger charge is -2.20. The average molecular weight is 374 g/mol. The highest BCUT2D eigenvalue weighted by molar-refractivity contribution is 6.23. The number of allylic oxidation sites excluding steroid dienone is 2. The molecule has 0 heterocycles. The van der Waals surface area contributed by atoms with E-state index in [1.807, 2.05) is 0 Å². The van der Waals surface area contributed by atoms with Gasteiger partial charge in [-0.3, -0.25) is 14.4 Å². The second-order valence-electron chi connectivity index (χ2n) is 5.84. The number of esters is 1. The third-order valence-electron chi connectivity index (χ3n) is 4.06. The van der Waals surface area contributed by atoms with Crippen LogP contribution in [0.3, 0.4) is 0 Å². The first-order valence-electron chi connectivity index (χ1n) is 8.35. The van der Waals surface area contributed by atoms with E-state index in [4.69, 9.17) is 18.9 Å². The molecule has 144 valence electrons. The van der Waals surface area contributed by atoms with Crippen molar-refractivity contribution in [3.05, 3.63) is 52.5 Å². The molecular formula is C20H22O7. The van der Waals surface area contributed by atoms with E-state index in [1.54, 1.807) is 31.2 Å². The molecule has 0 saturated carbocycles. The van der Waals surface area contributed by atoms with E-state index in [0.717, 1.165) is 5.56 Å². The fraction of sp³-hybridized carbons (Fsp3) is 0.350. The number of hydrogen-bond acceptors (Lipinski definition) is 7. The van der Waals surface area contributed by atoms with Gasteiger partial charge in [0.1, 0.15) is 19.0 Å². The van der Waals surface area contributed by atoms with Crippen LogP contribution in [0.1, 0.15) is 19.4 Å². The first-order valence-corrected chi connectivity index (χ1v) is 8.35. The van der Waals surface area contributed by atoms with Crippen molar-refractivity contribution < 1.29 is 33.3 Å². The van der Waals surface area contributed by atoms with Crippen molar-refractivity contribution in [2.75, 3.05) is 27.4 Å². The number of carbonyl (C=O) groups is 3. The van der Waals surface area contributed by atoms with Crippen LogP contribution >= 0.6 is 0 Å². The van der Waals surface area contributed by atoms with Crippen molar-refractivity contribution in [3.63, 3.8) is 0 Å². The van der Waals surface area contributed by atoms with Crippen LogP contribution in [0.15, 0.2) is 46.9 Å². The van der Waals surface area contributed by atoms with Gasteiger partial charge in [-0.2, -0.15) is 0 Å². The summed E-state index contributed by atoms with van der Waals surface area (Å²) in [6.07, 6.45) is 0.286. The molecule has 0 fully saturated rings. The Labute approximate surface area is 157 Å². The number of hydrogen-bond donors (Lipinski definition) is 0. The molecular weight excluding hydrogens is 352 g/mol. The Bertz CT molecular complexity index is 800. The minimum absolute atomic E-state index is 0.0692. The highest BCUT2D eigenvalue weighted by Gasteiger charge is 2.34. The summed E-state index contributed by atoms with van der Waals surface area (Å²) in [5.74, 6) is -0.594. The standard InChI is InChI=1S/C20H22O7/c1-12-16(18(23)20(25-4)19(24-3)17(12)22)11-14-5-7-15(8-6-14)27-10-9-26-13(2)21/h5-8H,9-11H2,1-4H3. The average Bonchev–Trinajstić information content (AvgIpc) is 2.66. The number of rotatable bonds is 8. The van der Waals surface area contributed by atoms with Crippen LogP contribution in [0.5, 0.6) is 5.75 Å². The molecule has 0 aliphatic heterocycles. The molecule has 2 rings (SSSR count). The minimum atomic E-state index is -0.356. The molecule has 0 spiro atoms. The molecule has 1 aromatic rings. The van der Waals surface area contributed by atoms with Crippen LogP contribution in [0, 0.1) is 0 Å². The number of methoxy groups -OCH3 is 2. The predicted octanol–water partition coefficient (Wildman–Crippen LogP) is 2.14. The van der Waals surface area contributed by atoms with E-state index in [9.17, 15) is 14.4 Å². The van der Waals surface area contributed by atoms with E-state index in [-0.39, 0.29) is 48.7 Å². The van der Waals surface area contributed by atoms with E-state index < -0.39 is 0 Å². The quantitative estimate of drug-likeness (QED) is 0.391. The lowest BCUT2D eigenvalue weighted by Crippen LogP contribution is -2.25. The number of carbonyl (C=O) groups excluding carboxylic acids is 3. The molecule has 0 saturated heterocycles. The van der Waals surface area contributed by atoms with Crippen LogP contribution < -0.4 is 4.74 Å². The van der Waals surface area contributed by atoms with Gasteiger partial charge in [-0.1, -0.05) is 12.1 Å².